The number of ether oxygens (including phenoxy) is 1. The Balaban J connectivity index is 2.33. The van der Waals surface area contributed by atoms with Gasteiger partial charge in [-0.25, -0.2) is 4.79 Å². The molecular formula is C29H44N4O6. The molecule has 0 radical (unpaired) electrons. The highest BCUT2D eigenvalue weighted by Gasteiger charge is 2.70. The standard InChI is InChI=1S/C29H44N4O6/c1-11-13-14-18(21(34)24(36)30-15-12-2)31-23(35)20-19-17(29(19,9)10)16-33(20)25(37)22(27(3,4)5)32-26(38)39-28(6,7)8/h12,17-20,22H,2,14-16H2,1,3-10H3,(H,30,36)(H,31,35)(H,32,38). The molecule has 1 aliphatic heterocycles. The minimum absolute atomic E-state index is 0.0500. The maximum atomic E-state index is 13.9. The normalized spacial score (nSPS) is 22.7. The predicted molar refractivity (Wildman–Crippen MR) is 147 cm³/mol. The Morgan fingerprint density at radius 3 is 2.23 bits per heavy atom. The smallest absolute Gasteiger partial charge is 0.408 e. The Hall–Kier alpha value is -3.35. The van der Waals surface area contributed by atoms with Crippen LogP contribution in [-0.2, 0) is 23.9 Å². The van der Waals surface area contributed by atoms with Crippen LogP contribution in [0.15, 0.2) is 12.7 Å². The topological polar surface area (TPSA) is 134 Å². The summed E-state index contributed by atoms with van der Waals surface area (Å²) in [5, 5.41) is 7.83. The molecule has 4 amide bonds. The van der Waals surface area contributed by atoms with E-state index in [2.05, 4.69) is 34.4 Å². The average Bonchev–Trinajstić information content (AvgIpc) is 3.14. The largest absolute Gasteiger partial charge is 0.444 e. The van der Waals surface area contributed by atoms with E-state index in [4.69, 9.17) is 4.74 Å². The van der Waals surface area contributed by atoms with Gasteiger partial charge in [-0.15, -0.1) is 18.4 Å². The number of nitrogens with one attached hydrogen (secondary N) is 3. The fourth-order valence-corrected chi connectivity index (χ4v) is 5.13. The lowest BCUT2D eigenvalue weighted by Gasteiger charge is -2.38. The minimum Gasteiger partial charge on any atom is -0.444 e. The molecule has 2 fully saturated rings. The van der Waals surface area contributed by atoms with E-state index >= 15 is 0 Å². The van der Waals surface area contributed by atoms with Crippen LogP contribution in [-0.4, -0.2) is 71.3 Å². The van der Waals surface area contributed by atoms with E-state index < -0.39 is 58.7 Å². The molecular weight excluding hydrogens is 500 g/mol. The molecule has 0 bridgehead atoms. The molecule has 216 valence electrons. The monoisotopic (exact) mass is 544 g/mol. The maximum absolute atomic E-state index is 13.9. The molecule has 1 saturated heterocycles. The first-order chi connectivity index (χ1) is 17.9. The van der Waals surface area contributed by atoms with Crippen LogP contribution in [0.5, 0.6) is 0 Å². The summed E-state index contributed by atoms with van der Waals surface area (Å²) in [6.07, 6.45) is 0.667. The summed E-state index contributed by atoms with van der Waals surface area (Å²) in [4.78, 5) is 66.9. The molecule has 1 saturated carbocycles. The number of ketones is 1. The molecule has 0 spiro atoms. The first kappa shape index (κ1) is 31.9. The number of carbonyl (C=O) groups is 5. The number of carbonyl (C=O) groups excluding carboxylic acids is 5. The van der Waals surface area contributed by atoms with Gasteiger partial charge in [-0.1, -0.05) is 40.7 Å². The number of amides is 4. The van der Waals surface area contributed by atoms with Crippen molar-refractivity contribution in [2.75, 3.05) is 13.1 Å². The van der Waals surface area contributed by atoms with Gasteiger partial charge in [0.25, 0.3) is 5.91 Å². The van der Waals surface area contributed by atoms with Crippen LogP contribution in [0, 0.1) is 34.5 Å². The zero-order chi connectivity index (χ0) is 29.9. The van der Waals surface area contributed by atoms with E-state index in [1.54, 1.807) is 27.7 Å². The van der Waals surface area contributed by atoms with Gasteiger partial charge in [-0.2, -0.15) is 0 Å². The minimum atomic E-state index is -1.18. The molecule has 0 aromatic carbocycles. The van der Waals surface area contributed by atoms with Crippen molar-refractivity contribution in [1.29, 1.82) is 0 Å². The van der Waals surface area contributed by atoms with E-state index in [9.17, 15) is 24.0 Å². The summed E-state index contributed by atoms with van der Waals surface area (Å²) in [5.74, 6) is 2.78. The average molecular weight is 545 g/mol. The first-order valence-corrected chi connectivity index (χ1v) is 13.3. The number of piperidine rings is 1. The molecule has 2 rings (SSSR count). The number of hydrogen-bond acceptors (Lipinski definition) is 6. The van der Waals surface area contributed by atoms with E-state index in [0.717, 1.165) is 0 Å². The Morgan fingerprint density at radius 1 is 1.10 bits per heavy atom. The third-order valence-corrected chi connectivity index (χ3v) is 7.28. The summed E-state index contributed by atoms with van der Waals surface area (Å²) in [7, 11) is 0. The molecule has 2 aliphatic rings. The van der Waals surface area contributed by atoms with E-state index in [1.165, 1.54) is 11.0 Å². The summed E-state index contributed by atoms with van der Waals surface area (Å²) in [5.41, 5.74) is -1.62. The van der Waals surface area contributed by atoms with Crippen molar-refractivity contribution in [3.05, 3.63) is 12.7 Å². The van der Waals surface area contributed by atoms with Gasteiger partial charge < -0.3 is 25.6 Å². The molecule has 39 heavy (non-hydrogen) atoms. The molecule has 0 aromatic rings. The zero-order valence-electron chi connectivity index (χ0n) is 24.7. The Bertz CT molecular complexity index is 1070. The highest BCUT2D eigenvalue weighted by atomic mass is 16.6. The number of alkyl carbamates (subject to hydrolysis) is 1. The van der Waals surface area contributed by atoms with Crippen LogP contribution < -0.4 is 16.0 Å². The highest BCUT2D eigenvalue weighted by molar-refractivity contribution is 6.38. The van der Waals surface area contributed by atoms with Crippen LogP contribution in [0.25, 0.3) is 0 Å². The van der Waals surface area contributed by atoms with Gasteiger partial charge in [0.15, 0.2) is 0 Å². The summed E-state index contributed by atoms with van der Waals surface area (Å²) in [6, 6.07) is -3.01. The van der Waals surface area contributed by atoms with Crippen molar-refractivity contribution in [2.24, 2.45) is 22.7 Å². The van der Waals surface area contributed by atoms with Crippen LogP contribution in [0.3, 0.4) is 0 Å². The predicted octanol–water partition coefficient (Wildman–Crippen LogP) is 2.18. The van der Waals surface area contributed by atoms with Crippen LogP contribution in [0.4, 0.5) is 4.79 Å². The van der Waals surface area contributed by atoms with E-state index in [-0.39, 0.29) is 30.2 Å². The highest BCUT2D eigenvalue weighted by Crippen LogP contribution is 2.65. The van der Waals surface area contributed by atoms with Gasteiger partial charge in [-0.05, 0) is 50.4 Å². The van der Waals surface area contributed by atoms with Crippen LogP contribution >= 0.6 is 0 Å². The Morgan fingerprint density at radius 2 is 1.72 bits per heavy atom. The Labute approximate surface area is 232 Å². The summed E-state index contributed by atoms with van der Waals surface area (Å²) >= 11 is 0. The summed E-state index contributed by atoms with van der Waals surface area (Å²) < 4.78 is 5.39. The molecule has 10 nitrogen and oxygen atoms in total. The van der Waals surface area contributed by atoms with Gasteiger partial charge >= 0.3 is 6.09 Å². The fraction of sp³-hybridized carbons (Fsp3) is 0.690. The van der Waals surface area contributed by atoms with E-state index in [0.29, 0.717) is 6.54 Å². The van der Waals surface area contributed by atoms with Gasteiger partial charge in [0.05, 0.1) is 0 Å². The number of nitrogens with zero attached hydrogens (tertiary/aromatic N) is 1. The lowest BCUT2D eigenvalue weighted by atomic mass is 9.85. The fourth-order valence-electron chi connectivity index (χ4n) is 5.13. The number of hydrogen-bond donors (Lipinski definition) is 3. The Kier molecular flexibility index (Phi) is 9.65. The lowest BCUT2D eigenvalue weighted by molar-refractivity contribution is -0.145. The second kappa shape index (κ2) is 11.8. The third kappa shape index (κ3) is 7.61. The number of rotatable bonds is 9. The molecule has 1 aliphatic carbocycles. The molecule has 1 heterocycles. The van der Waals surface area contributed by atoms with Crippen molar-refractivity contribution in [1.82, 2.24) is 20.9 Å². The molecule has 10 heteroatoms. The first-order valence-electron chi connectivity index (χ1n) is 13.3. The van der Waals surface area contributed by atoms with Crippen LogP contribution in [0.2, 0.25) is 0 Å². The maximum Gasteiger partial charge on any atom is 0.408 e. The second-order valence-corrected chi connectivity index (χ2v) is 12.9. The van der Waals surface area contributed by atoms with Crippen LogP contribution in [0.1, 0.15) is 68.7 Å². The number of Topliss-reactive ketones (excluding diaryl/α,β-unsaturated/α-hetero) is 1. The molecule has 5 atom stereocenters. The molecule has 3 N–H and O–H groups in total. The third-order valence-electron chi connectivity index (χ3n) is 7.28. The van der Waals surface area contributed by atoms with Crippen molar-refractivity contribution in [3.63, 3.8) is 0 Å². The number of likely N-dealkylation sites (tertiary alicyclic amines) is 1. The lowest BCUT2D eigenvalue weighted by Crippen LogP contribution is -2.60. The van der Waals surface area contributed by atoms with Crippen molar-refractivity contribution in [2.45, 2.75) is 92.5 Å². The molecule has 5 unspecified atom stereocenters. The SMILES string of the molecule is C=CCNC(=O)C(=O)C(CC#CC)NC(=O)C1C2C(CN1C(=O)C(NC(=O)OC(C)(C)C)C(C)(C)C)C2(C)C. The molecule has 0 aromatic heterocycles. The van der Waals surface area contributed by atoms with Gasteiger partial charge in [0.1, 0.15) is 23.7 Å². The van der Waals surface area contributed by atoms with Gasteiger partial charge in [0, 0.05) is 19.5 Å². The van der Waals surface area contributed by atoms with Gasteiger partial charge in [0.2, 0.25) is 17.6 Å². The zero-order valence-corrected chi connectivity index (χ0v) is 24.7. The quantitative estimate of drug-likeness (QED) is 0.231. The van der Waals surface area contributed by atoms with E-state index in [1.807, 2.05) is 34.6 Å². The van der Waals surface area contributed by atoms with Gasteiger partial charge in [-0.3, -0.25) is 19.2 Å². The van der Waals surface area contributed by atoms with Crippen molar-refractivity contribution < 1.29 is 28.7 Å². The van der Waals surface area contributed by atoms with Crippen molar-refractivity contribution in [3.8, 4) is 11.8 Å². The summed E-state index contributed by atoms with van der Waals surface area (Å²) in [6.45, 7) is 20.3. The number of fused-ring (bicyclic) bond motifs is 1. The van der Waals surface area contributed by atoms with Crippen molar-refractivity contribution >= 4 is 29.6 Å². The second-order valence-electron chi connectivity index (χ2n) is 12.9.